The molecular weight excluding hydrogens is 198 g/mol. The Labute approximate surface area is 96.1 Å². The first-order valence-electron chi connectivity index (χ1n) is 5.56. The first-order valence-corrected chi connectivity index (χ1v) is 5.56. The van der Waals surface area contributed by atoms with Crippen LogP contribution >= 0.6 is 0 Å². The van der Waals surface area contributed by atoms with Crippen LogP contribution in [0.25, 0.3) is 0 Å². The van der Waals surface area contributed by atoms with Gasteiger partial charge in [0.05, 0.1) is 6.33 Å². The first kappa shape index (κ1) is 10.7. The van der Waals surface area contributed by atoms with Gasteiger partial charge in [-0.2, -0.15) is 0 Å². The molecule has 0 saturated carbocycles. The summed E-state index contributed by atoms with van der Waals surface area (Å²) in [5.41, 5.74) is 1.29. The number of anilines is 1. The summed E-state index contributed by atoms with van der Waals surface area (Å²) in [7, 11) is 0. The molecule has 0 amide bonds. The number of aromatic nitrogens is 2. The minimum Gasteiger partial charge on any atom is -0.367 e. The minimum absolute atomic E-state index is 0.417. The number of hydrogen-bond acceptors (Lipinski definition) is 2. The van der Waals surface area contributed by atoms with Crippen molar-refractivity contribution >= 4 is 5.82 Å². The van der Waals surface area contributed by atoms with Crippen molar-refractivity contribution in [1.82, 2.24) is 9.55 Å². The van der Waals surface area contributed by atoms with Crippen molar-refractivity contribution in [3.05, 3.63) is 48.4 Å². The van der Waals surface area contributed by atoms with Crippen LogP contribution in [0.5, 0.6) is 0 Å². The highest BCUT2D eigenvalue weighted by atomic mass is 15.1. The molecule has 0 bridgehead atoms. The number of hydrogen-bond donors (Lipinski definition) is 1. The topological polar surface area (TPSA) is 29.9 Å². The van der Waals surface area contributed by atoms with Gasteiger partial charge in [-0.05, 0) is 19.4 Å². The van der Waals surface area contributed by atoms with Gasteiger partial charge in [-0.1, -0.05) is 30.3 Å². The van der Waals surface area contributed by atoms with Gasteiger partial charge < -0.3 is 9.88 Å². The summed E-state index contributed by atoms with van der Waals surface area (Å²) >= 11 is 0. The van der Waals surface area contributed by atoms with Gasteiger partial charge >= 0.3 is 0 Å². The molecule has 1 aromatic heterocycles. The third-order valence-electron chi connectivity index (χ3n) is 2.28. The van der Waals surface area contributed by atoms with E-state index in [1.165, 1.54) is 5.56 Å². The number of nitrogens with zero attached hydrogens (tertiary/aromatic N) is 2. The standard InChI is InChI=1S/C13H17N3/c1-11(2)15-13-9-16(10-14-13)8-12-6-4-3-5-7-12/h3-7,9-11,15H,8H2,1-2H3. The Morgan fingerprint density at radius 1 is 1.25 bits per heavy atom. The molecule has 84 valence electrons. The van der Waals surface area contributed by atoms with Gasteiger partial charge in [-0.3, -0.25) is 0 Å². The second-order valence-corrected chi connectivity index (χ2v) is 4.22. The van der Waals surface area contributed by atoms with E-state index in [9.17, 15) is 0 Å². The summed E-state index contributed by atoms with van der Waals surface area (Å²) in [6.07, 6.45) is 3.89. The van der Waals surface area contributed by atoms with Crippen molar-refractivity contribution < 1.29 is 0 Å². The van der Waals surface area contributed by atoms with Crippen LogP contribution < -0.4 is 5.32 Å². The molecule has 0 spiro atoms. The summed E-state index contributed by atoms with van der Waals surface area (Å²) in [5, 5.41) is 3.28. The zero-order valence-electron chi connectivity index (χ0n) is 9.72. The maximum absolute atomic E-state index is 4.30. The number of imidazole rings is 1. The highest BCUT2D eigenvalue weighted by Gasteiger charge is 2.00. The van der Waals surface area contributed by atoms with E-state index in [1.54, 1.807) is 0 Å². The quantitative estimate of drug-likeness (QED) is 0.850. The van der Waals surface area contributed by atoms with Crippen LogP contribution in [0.15, 0.2) is 42.9 Å². The Morgan fingerprint density at radius 2 is 2.00 bits per heavy atom. The van der Waals surface area contributed by atoms with E-state index >= 15 is 0 Å². The van der Waals surface area contributed by atoms with E-state index in [4.69, 9.17) is 0 Å². The molecule has 2 aromatic rings. The monoisotopic (exact) mass is 215 g/mol. The van der Waals surface area contributed by atoms with Gasteiger partial charge in [-0.15, -0.1) is 0 Å². The number of benzene rings is 1. The smallest absolute Gasteiger partial charge is 0.144 e. The molecule has 0 aliphatic heterocycles. The predicted molar refractivity (Wildman–Crippen MR) is 66.5 cm³/mol. The van der Waals surface area contributed by atoms with Gasteiger partial charge in [0, 0.05) is 18.8 Å². The van der Waals surface area contributed by atoms with Crippen LogP contribution in [0.2, 0.25) is 0 Å². The van der Waals surface area contributed by atoms with Crippen molar-refractivity contribution in [2.75, 3.05) is 5.32 Å². The first-order chi connectivity index (χ1) is 7.74. The van der Waals surface area contributed by atoms with Crippen molar-refractivity contribution in [2.45, 2.75) is 26.4 Å². The van der Waals surface area contributed by atoms with Crippen LogP contribution in [-0.4, -0.2) is 15.6 Å². The van der Waals surface area contributed by atoms with Crippen LogP contribution in [0.4, 0.5) is 5.82 Å². The Hall–Kier alpha value is -1.77. The second-order valence-electron chi connectivity index (χ2n) is 4.22. The van der Waals surface area contributed by atoms with E-state index in [-0.39, 0.29) is 0 Å². The van der Waals surface area contributed by atoms with Crippen molar-refractivity contribution in [3.63, 3.8) is 0 Å². The third-order valence-corrected chi connectivity index (χ3v) is 2.28. The second kappa shape index (κ2) is 4.84. The molecule has 0 aliphatic rings. The Kier molecular flexibility index (Phi) is 3.25. The summed E-state index contributed by atoms with van der Waals surface area (Å²) in [6.45, 7) is 5.08. The molecular formula is C13H17N3. The molecule has 0 fully saturated rings. The van der Waals surface area contributed by atoms with Gasteiger partial charge in [0.15, 0.2) is 0 Å². The lowest BCUT2D eigenvalue weighted by atomic mass is 10.2. The van der Waals surface area contributed by atoms with Crippen molar-refractivity contribution in [3.8, 4) is 0 Å². The number of rotatable bonds is 4. The number of nitrogens with one attached hydrogen (secondary N) is 1. The molecule has 1 aromatic carbocycles. The zero-order valence-corrected chi connectivity index (χ0v) is 9.72. The molecule has 16 heavy (non-hydrogen) atoms. The maximum Gasteiger partial charge on any atom is 0.144 e. The van der Waals surface area contributed by atoms with Gasteiger partial charge in [0.25, 0.3) is 0 Å². The molecule has 1 heterocycles. The lowest BCUT2D eigenvalue weighted by Crippen LogP contribution is -2.09. The molecule has 0 saturated heterocycles. The summed E-state index contributed by atoms with van der Waals surface area (Å²) in [4.78, 5) is 4.30. The molecule has 0 radical (unpaired) electrons. The predicted octanol–water partition coefficient (Wildman–Crippen LogP) is 2.75. The lowest BCUT2D eigenvalue weighted by molar-refractivity contribution is 0.797. The molecule has 3 heteroatoms. The van der Waals surface area contributed by atoms with Crippen LogP contribution in [-0.2, 0) is 6.54 Å². The highest BCUT2D eigenvalue weighted by molar-refractivity contribution is 5.32. The summed E-state index contributed by atoms with van der Waals surface area (Å²) in [6, 6.07) is 10.8. The van der Waals surface area contributed by atoms with E-state index in [2.05, 4.69) is 53.0 Å². The van der Waals surface area contributed by atoms with Crippen molar-refractivity contribution in [1.29, 1.82) is 0 Å². The molecule has 0 atom stereocenters. The van der Waals surface area contributed by atoms with Gasteiger partial charge in [0.1, 0.15) is 5.82 Å². The van der Waals surface area contributed by atoms with Crippen molar-refractivity contribution in [2.24, 2.45) is 0 Å². The maximum atomic E-state index is 4.30. The van der Waals surface area contributed by atoms with Crippen LogP contribution in [0.1, 0.15) is 19.4 Å². The fourth-order valence-corrected chi connectivity index (χ4v) is 1.61. The van der Waals surface area contributed by atoms with E-state index < -0.39 is 0 Å². The Bertz CT molecular complexity index is 431. The van der Waals surface area contributed by atoms with Crippen LogP contribution in [0, 0.1) is 0 Å². The average molecular weight is 215 g/mol. The van der Waals surface area contributed by atoms with Crippen LogP contribution in [0.3, 0.4) is 0 Å². The van der Waals surface area contributed by atoms with E-state index in [0.29, 0.717) is 6.04 Å². The van der Waals surface area contributed by atoms with Gasteiger partial charge in [0.2, 0.25) is 0 Å². The molecule has 0 aliphatic carbocycles. The summed E-state index contributed by atoms with van der Waals surface area (Å²) in [5.74, 6) is 0.936. The third kappa shape index (κ3) is 2.86. The molecule has 2 rings (SSSR count). The van der Waals surface area contributed by atoms with E-state index in [0.717, 1.165) is 12.4 Å². The zero-order chi connectivity index (χ0) is 11.4. The fraction of sp³-hybridized carbons (Fsp3) is 0.308. The molecule has 3 nitrogen and oxygen atoms in total. The minimum atomic E-state index is 0.417. The van der Waals surface area contributed by atoms with E-state index in [1.807, 2.05) is 18.6 Å². The fourth-order valence-electron chi connectivity index (χ4n) is 1.61. The molecule has 1 N–H and O–H groups in total. The Morgan fingerprint density at radius 3 is 2.69 bits per heavy atom. The molecule has 0 unspecified atom stereocenters. The Balaban J connectivity index is 2.03. The highest BCUT2D eigenvalue weighted by Crippen LogP contribution is 2.07. The lowest BCUT2D eigenvalue weighted by Gasteiger charge is -2.05. The normalized spacial score (nSPS) is 10.7. The summed E-state index contributed by atoms with van der Waals surface area (Å²) < 4.78 is 2.08. The largest absolute Gasteiger partial charge is 0.367 e. The average Bonchev–Trinajstić information content (AvgIpc) is 2.66. The SMILES string of the molecule is CC(C)Nc1cn(Cc2ccccc2)cn1. The van der Waals surface area contributed by atoms with Gasteiger partial charge in [-0.25, -0.2) is 4.98 Å².